The van der Waals surface area contributed by atoms with Gasteiger partial charge in [0.05, 0.1) is 12.8 Å². The predicted molar refractivity (Wildman–Crippen MR) is 78.8 cm³/mol. The number of nitrogens with zero attached hydrogens (tertiary/aromatic N) is 2. The molecule has 1 aromatic carbocycles. The molecule has 0 atom stereocenters. The molecule has 0 saturated carbocycles. The minimum Gasteiger partial charge on any atom is -0.496 e. The van der Waals surface area contributed by atoms with E-state index in [-0.39, 0.29) is 0 Å². The number of nitrogens with one attached hydrogen (secondary N) is 1. The van der Waals surface area contributed by atoms with Crippen LogP contribution in [0.25, 0.3) is 11.3 Å². The number of aromatic nitrogens is 2. The first-order valence-electron chi connectivity index (χ1n) is 6.47. The molecule has 0 bridgehead atoms. The number of ether oxygens (including phenoxy) is 1. The summed E-state index contributed by atoms with van der Waals surface area (Å²) in [7, 11) is 5.51. The normalized spacial score (nSPS) is 10.8. The largest absolute Gasteiger partial charge is 0.496 e. The van der Waals surface area contributed by atoms with Gasteiger partial charge >= 0.3 is 0 Å². The van der Waals surface area contributed by atoms with Gasteiger partial charge in [-0.05, 0) is 23.6 Å². The van der Waals surface area contributed by atoms with Gasteiger partial charge in [-0.1, -0.05) is 19.9 Å². The lowest BCUT2D eigenvalue weighted by atomic mass is 10.00. The number of aryl methyl sites for hydroxylation is 1. The van der Waals surface area contributed by atoms with Crippen molar-refractivity contribution in [2.75, 3.05) is 19.5 Å². The molecule has 0 aliphatic rings. The highest BCUT2D eigenvalue weighted by molar-refractivity contribution is 5.70. The van der Waals surface area contributed by atoms with Gasteiger partial charge in [-0.15, -0.1) is 0 Å². The average Bonchev–Trinajstić information content (AvgIpc) is 2.79. The van der Waals surface area contributed by atoms with E-state index in [9.17, 15) is 0 Å². The molecule has 4 heteroatoms. The molecule has 0 aliphatic carbocycles. The van der Waals surface area contributed by atoms with Crippen molar-refractivity contribution in [3.8, 4) is 17.0 Å². The summed E-state index contributed by atoms with van der Waals surface area (Å²) >= 11 is 0. The Balaban J connectivity index is 2.52. The fourth-order valence-electron chi connectivity index (χ4n) is 2.12. The van der Waals surface area contributed by atoms with Crippen LogP contribution < -0.4 is 10.1 Å². The van der Waals surface area contributed by atoms with Gasteiger partial charge in [-0.25, -0.2) is 0 Å². The van der Waals surface area contributed by atoms with E-state index in [1.54, 1.807) is 7.11 Å². The standard InChI is InChI=1S/C15H21N3O/c1-10(2)11-6-7-12(14(8-11)19-5)13-9-15(16-3)17-18(13)4/h6-10H,1-5H3,(H,16,17). The number of rotatable bonds is 4. The third-order valence-electron chi connectivity index (χ3n) is 3.30. The van der Waals surface area contributed by atoms with Gasteiger partial charge in [-0.2, -0.15) is 5.10 Å². The van der Waals surface area contributed by atoms with E-state index in [0.29, 0.717) is 5.92 Å². The highest BCUT2D eigenvalue weighted by Crippen LogP contribution is 2.33. The topological polar surface area (TPSA) is 39.1 Å². The lowest BCUT2D eigenvalue weighted by molar-refractivity contribution is 0.415. The van der Waals surface area contributed by atoms with Crippen molar-refractivity contribution in [1.29, 1.82) is 0 Å². The third-order valence-corrected chi connectivity index (χ3v) is 3.30. The molecule has 0 saturated heterocycles. The zero-order valence-electron chi connectivity index (χ0n) is 12.2. The Labute approximate surface area is 114 Å². The van der Waals surface area contributed by atoms with Gasteiger partial charge in [0.25, 0.3) is 0 Å². The second-order valence-electron chi connectivity index (χ2n) is 4.90. The Hall–Kier alpha value is -1.97. The quantitative estimate of drug-likeness (QED) is 0.916. The summed E-state index contributed by atoms with van der Waals surface area (Å²) in [5.74, 6) is 2.23. The molecule has 2 aromatic rings. The van der Waals surface area contributed by atoms with Crippen LogP contribution in [-0.2, 0) is 7.05 Å². The van der Waals surface area contributed by atoms with Gasteiger partial charge in [0.15, 0.2) is 0 Å². The van der Waals surface area contributed by atoms with Crippen LogP contribution in [0.2, 0.25) is 0 Å². The molecule has 102 valence electrons. The Morgan fingerprint density at radius 3 is 2.53 bits per heavy atom. The van der Waals surface area contributed by atoms with Gasteiger partial charge in [0.1, 0.15) is 11.6 Å². The molecule has 19 heavy (non-hydrogen) atoms. The van der Waals surface area contributed by atoms with Crippen LogP contribution in [0.4, 0.5) is 5.82 Å². The van der Waals surface area contributed by atoms with Crippen LogP contribution in [0.3, 0.4) is 0 Å². The minimum atomic E-state index is 0.488. The van der Waals surface area contributed by atoms with Gasteiger partial charge < -0.3 is 10.1 Å². The Morgan fingerprint density at radius 1 is 1.26 bits per heavy atom. The van der Waals surface area contributed by atoms with E-state index in [4.69, 9.17) is 4.74 Å². The maximum Gasteiger partial charge on any atom is 0.148 e. The molecule has 1 aromatic heterocycles. The van der Waals surface area contributed by atoms with Crippen LogP contribution in [-0.4, -0.2) is 23.9 Å². The number of anilines is 1. The van der Waals surface area contributed by atoms with E-state index >= 15 is 0 Å². The molecule has 0 fully saturated rings. The van der Waals surface area contributed by atoms with Crippen molar-refractivity contribution in [1.82, 2.24) is 9.78 Å². The SMILES string of the molecule is CNc1cc(-c2ccc(C(C)C)cc2OC)n(C)n1. The smallest absolute Gasteiger partial charge is 0.148 e. The molecule has 1 N–H and O–H groups in total. The van der Waals surface area contributed by atoms with Crippen molar-refractivity contribution in [2.45, 2.75) is 19.8 Å². The van der Waals surface area contributed by atoms with Crippen LogP contribution in [0.5, 0.6) is 5.75 Å². The van der Waals surface area contributed by atoms with Crippen molar-refractivity contribution < 1.29 is 4.74 Å². The summed E-state index contributed by atoms with van der Waals surface area (Å²) in [6, 6.07) is 8.37. The molecule has 4 nitrogen and oxygen atoms in total. The number of methoxy groups -OCH3 is 1. The Morgan fingerprint density at radius 2 is 2.00 bits per heavy atom. The fourth-order valence-corrected chi connectivity index (χ4v) is 2.12. The van der Waals surface area contributed by atoms with E-state index < -0.39 is 0 Å². The molecule has 0 unspecified atom stereocenters. The van der Waals surface area contributed by atoms with Crippen LogP contribution in [0, 0.1) is 0 Å². The van der Waals surface area contributed by atoms with Crippen LogP contribution in [0.15, 0.2) is 24.3 Å². The number of hydrogen-bond acceptors (Lipinski definition) is 3. The number of benzene rings is 1. The summed E-state index contributed by atoms with van der Waals surface area (Å²) < 4.78 is 7.39. The molecule has 0 spiro atoms. The first-order valence-corrected chi connectivity index (χ1v) is 6.47. The zero-order chi connectivity index (χ0) is 14.0. The first kappa shape index (κ1) is 13.5. The fraction of sp³-hybridized carbons (Fsp3) is 0.400. The van der Waals surface area contributed by atoms with Crippen molar-refractivity contribution in [3.05, 3.63) is 29.8 Å². The van der Waals surface area contributed by atoms with Crippen molar-refractivity contribution >= 4 is 5.82 Å². The molecule has 0 amide bonds. The maximum atomic E-state index is 5.53. The lowest BCUT2D eigenvalue weighted by Gasteiger charge is -2.12. The second kappa shape index (κ2) is 5.34. The first-order chi connectivity index (χ1) is 9.06. The zero-order valence-corrected chi connectivity index (χ0v) is 12.2. The Kier molecular flexibility index (Phi) is 3.79. The molecule has 1 heterocycles. The van der Waals surface area contributed by atoms with E-state index in [2.05, 4.69) is 42.5 Å². The van der Waals surface area contributed by atoms with E-state index in [1.165, 1.54) is 5.56 Å². The summed E-state index contributed by atoms with van der Waals surface area (Å²) in [5.41, 5.74) is 3.37. The molecule has 0 radical (unpaired) electrons. The highest BCUT2D eigenvalue weighted by Gasteiger charge is 2.13. The lowest BCUT2D eigenvalue weighted by Crippen LogP contribution is -1.98. The summed E-state index contributed by atoms with van der Waals surface area (Å²) in [6.07, 6.45) is 0. The predicted octanol–water partition coefficient (Wildman–Crippen LogP) is 3.26. The monoisotopic (exact) mass is 259 g/mol. The molecule has 2 rings (SSSR count). The Bertz CT molecular complexity index is 573. The minimum absolute atomic E-state index is 0.488. The maximum absolute atomic E-state index is 5.53. The van der Waals surface area contributed by atoms with E-state index in [1.807, 2.05) is 24.8 Å². The van der Waals surface area contributed by atoms with Crippen LogP contribution in [0.1, 0.15) is 25.3 Å². The van der Waals surface area contributed by atoms with Gasteiger partial charge in [0, 0.05) is 25.7 Å². The van der Waals surface area contributed by atoms with Crippen molar-refractivity contribution in [3.63, 3.8) is 0 Å². The van der Waals surface area contributed by atoms with Gasteiger partial charge in [-0.3, -0.25) is 4.68 Å². The molecular weight excluding hydrogens is 238 g/mol. The second-order valence-corrected chi connectivity index (χ2v) is 4.90. The van der Waals surface area contributed by atoms with Gasteiger partial charge in [0.2, 0.25) is 0 Å². The summed E-state index contributed by atoms with van der Waals surface area (Å²) in [4.78, 5) is 0. The number of hydrogen-bond donors (Lipinski definition) is 1. The third kappa shape index (κ3) is 2.57. The van der Waals surface area contributed by atoms with Crippen molar-refractivity contribution in [2.24, 2.45) is 7.05 Å². The summed E-state index contributed by atoms with van der Waals surface area (Å²) in [6.45, 7) is 4.36. The summed E-state index contributed by atoms with van der Waals surface area (Å²) in [5, 5.41) is 7.44. The highest BCUT2D eigenvalue weighted by atomic mass is 16.5. The van der Waals surface area contributed by atoms with Crippen LogP contribution >= 0.6 is 0 Å². The molecular formula is C15H21N3O. The molecule has 0 aliphatic heterocycles. The van der Waals surface area contributed by atoms with E-state index in [0.717, 1.165) is 22.8 Å². The average molecular weight is 259 g/mol.